The summed E-state index contributed by atoms with van der Waals surface area (Å²) in [4.78, 5) is 8.06. The van der Waals surface area contributed by atoms with E-state index in [0.29, 0.717) is 6.54 Å². The molecule has 0 aromatic carbocycles. The monoisotopic (exact) mass is 212 g/mol. The molecule has 2 N–H and O–H groups in total. The van der Waals surface area contributed by atoms with E-state index in [2.05, 4.69) is 16.9 Å². The summed E-state index contributed by atoms with van der Waals surface area (Å²) in [6, 6.07) is 0. The van der Waals surface area contributed by atoms with Gasteiger partial charge in [0.2, 0.25) is 5.28 Å². The highest BCUT2D eigenvalue weighted by atomic mass is 35.5. The molecule has 0 saturated carbocycles. The average molecular weight is 213 g/mol. The summed E-state index contributed by atoms with van der Waals surface area (Å²) in [5.74, 6) is 0. The predicted octanol–water partition coefficient (Wildman–Crippen LogP) is 1.99. The van der Waals surface area contributed by atoms with Gasteiger partial charge in [-0.05, 0) is 30.4 Å². The first-order valence-electron chi connectivity index (χ1n) is 4.48. The largest absolute Gasteiger partial charge is 0.326 e. The highest BCUT2D eigenvalue weighted by Crippen LogP contribution is 2.21. The van der Waals surface area contributed by atoms with Crippen molar-refractivity contribution in [3.05, 3.63) is 29.7 Å². The van der Waals surface area contributed by atoms with Gasteiger partial charge in [0.25, 0.3) is 0 Å². The minimum Gasteiger partial charge on any atom is -0.326 e. The first-order chi connectivity index (χ1) is 6.42. The summed E-state index contributed by atoms with van der Waals surface area (Å²) in [6.07, 6.45) is 2.43. The Morgan fingerprint density at radius 2 is 2.21 bits per heavy atom. The first kappa shape index (κ1) is 11.4. The molecule has 0 aliphatic rings. The molecule has 0 bridgehead atoms. The van der Waals surface area contributed by atoms with Gasteiger partial charge in [-0.25, -0.2) is 9.97 Å². The van der Waals surface area contributed by atoms with Crippen LogP contribution in [0.15, 0.2) is 6.20 Å². The van der Waals surface area contributed by atoms with Crippen LogP contribution in [0.3, 0.4) is 0 Å². The Hall–Kier alpha value is -0.670. The van der Waals surface area contributed by atoms with Gasteiger partial charge >= 0.3 is 0 Å². The fraction of sp³-hybridized carbons (Fsp3) is 0.500. The molecule has 77 valence electrons. The first-order valence-corrected chi connectivity index (χ1v) is 4.86. The van der Waals surface area contributed by atoms with E-state index in [9.17, 15) is 0 Å². The Bertz CT molecular complexity index is 318. The lowest BCUT2D eigenvalue weighted by Crippen LogP contribution is -2.15. The molecule has 0 unspecified atom stereocenters. The van der Waals surface area contributed by atoms with Crippen LogP contribution in [0.25, 0.3) is 0 Å². The van der Waals surface area contributed by atoms with Crippen molar-refractivity contribution in [1.29, 1.82) is 0 Å². The van der Waals surface area contributed by atoms with Gasteiger partial charge in [0.15, 0.2) is 0 Å². The molecular formula is C10H15ClN3. The Kier molecular flexibility index (Phi) is 3.45. The molecule has 14 heavy (non-hydrogen) atoms. The van der Waals surface area contributed by atoms with Crippen molar-refractivity contribution in [2.24, 2.45) is 11.1 Å². The quantitative estimate of drug-likeness (QED) is 0.780. The highest BCUT2D eigenvalue weighted by Gasteiger charge is 2.15. The van der Waals surface area contributed by atoms with E-state index in [-0.39, 0.29) is 10.7 Å². The molecule has 1 rings (SSSR count). The van der Waals surface area contributed by atoms with E-state index in [1.54, 1.807) is 6.20 Å². The third-order valence-electron chi connectivity index (χ3n) is 1.79. The second-order valence-electron chi connectivity index (χ2n) is 4.16. The van der Waals surface area contributed by atoms with Crippen LogP contribution in [0.4, 0.5) is 0 Å². The van der Waals surface area contributed by atoms with Crippen molar-refractivity contribution in [3.8, 4) is 0 Å². The SMILES string of the molecule is [CH2]C(C)(C)Cc1nc(Cl)ncc1CN. The maximum atomic E-state index is 5.72. The zero-order valence-electron chi connectivity index (χ0n) is 8.55. The van der Waals surface area contributed by atoms with Crippen LogP contribution < -0.4 is 5.73 Å². The van der Waals surface area contributed by atoms with Crippen LogP contribution in [0.5, 0.6) is 0 Å². The molecule has 1 radical (unpaired) electrons. The predicted molar refractivity (Wildman–Crippen MR) is 57.8 cm³/mol. The van der Waals surface area contributed by atoms with E-state index in [0.717, 1.165) is 17.7 Å². The normalized spacial score (nSPS) is 11.8. The van der Waals surface area contributed by atoms with Gasteiger partial charge in [-0.1, -0.05) is 13.8 Å². The number of hydrogen-bond acceptors (Lipinski definition) is 3. The molecule has 0 aliphatic carbocycles. The number of rotatable bonds is 3. The van der Waals surface area contributed by atoms with Crippen LogP contribution in [0, 0.1) is 12.3 Å². The second kappa shape index (κ2) is 4.24. The van der Waals surface area contributed by atoms with Crippen LogP contribution in [-0.2, 0) is 13.0 Å². The third kappa shape index (κ3) is 3.24. The maximum Gasteiger partial charge on any atom is 0.222 e. The number of aromatic nitrogens is 2. The molecular weight excluding hydrogens is 198 g/mol. The van der Waals surface area contributed by atoms with Gasteiger partial charge in [-0.2, -0.15) is 0 Å². The lowest BCUT2D eigenvalue weighted by Gasteiger charge is -2.18. The molecule has 0 atom stereocenters. The summed E-state index contributed by atoms with van der Waals surface area (Å²) >= 11 is 5.72. The molecule has 0 spiro atoms. The maximum absolute atomic E-state index is 5.72. The van der Waals surface area contributed by atoms with Gasteiger partial charge in [0, 0.05) is 18.3 Å². The van der Waals surface area contributed by atoms with Crippen molar-refractivity contribution in [3.63, 3.8) is 0 Å². The molecule has 1 aromatic rings. The van der Waals surface area contributed by atoms with Crippen molar-refractivity contribution in [2.45, 2.75) is 26.8 Å². The molecule has 1 heterocycles. The van der Waals surface area contributed by atoms with Crippen LogP contribution >= 0.6 is 11.6 Å². The summed E-state index contributed by atoms with van der Waals surface area (Å²) in [5.41, 5.74) is 7.34. The van der Waals surface area contributed by atoms with E-state index >= 15 is 0 Å². The van der Waals surface area contributed by atoms with Gasteiger partial charge in [0.1, 0.15) is 0 Å². The fourth-order valence-electron chi connectivity index (χ4n) is 1.19. The van der Waals surface area contributed by atoms with Crippen LogP contribution in [0.2, 0.25) is 5.28 Å². The number of nitrogens with zero attached hydrogens (tertiary/aromatic N) is 2. The van der Waals surface area contributed by atoms with Crippen LogP contribution in [-0.4, -0.2) is 9.97 Å². The van der Waals surface area contributed by atoms with Gasteiger partial charge in [-0.3, -0.25) is 0 Å². The number of nitrogens with two attached hydrogens (primary N) is 1. The minimum atomic E-state index is -0.0679. The average Bonchev–Trinajstić information content (AvgIpc) is 2.01. The smallest absolute Gasteiger partial charge is 0.222 e. The van der Waals surface area contributed by atoms with Crippen molar-refractivity contribution in [1.82, 2.24) is 9.97 Å². The van der Waals surface area contributed by atoms with Gasteiger partial charge in [0.05, 0.1) is 5.69 Å². The lowest BCUT2D eigenvalue weighted by molar-refractivity contribution is 0.463. The fourth-order valence-corrected chi connectivity index (χ4v) is 1.35. The van der Waals surface area contributed by atoms with Gasteiger partial charge < -0.3 is 5.73 Å². The Morgan fingerprint density at radius 3 is 2.71 bits per heavy atom. The van der Waals surface area contributed by atoms with Crippen molar-refractivity contribution in [2.75, 3.05) is 0 Å². The van der Waals surface area contributed by atoms with Gasteiger partial charge in [-0.15, -0.1) is 0 Å². The Morgan fingerprint density at radius 1 is 1.57 bits per heavy atom. The third-order valence-corrected chi connectivity index (χ3v) is 1.97. The zero-order chi connectivity index (χ0) is 10.8. The zero-order valence-corrected chi connectivity index (χ0v) is 9.30. The summed E-state index contributed by atoms with van der Waals surface area (Å²) in [5, 5.41) is 0.265. The van der Waals surface area contributed by atoms with E-state index in [1.807, 2.05) is 13.8 Å². The molecule has 0 saturated heterocycles. The van der Waals surface area contributed by atoms with Crippen LogP contribution in [0.1, 0.15) is 25.1 Å². The van der Waals surface area contributed by atoms with Crippen molar-refractivity contribution < 1.29 is 0 Å². The molecule has 0 amide bonds. The topological polar surface area (TPSA) is 51.8 Å². The number of hydrogen-bond donors (Lipinski definition) is 1. The molecule has 0 fully saturated rings. The van der Waals surface area contributed by atoms with E-state index in [1.165, 1.54) is 0 Å². The molecule has 0 aliphatic heterocycles. The Labute approximate surface area is 89.7 Å². The summed E-state index contributed by atoms with van der Waals surface area (Å²) in [6.45, 7) is 8.55. The second-order valence-corrected chi connectivity index (χ2v) is 4.49. The number of halogens is 1. The van der Waals surface area contributed by atoms with E-state index in [4.69, 9.17) is 17.3 Å². The molecule has 3 nitrogen and oxygen atoms in total. The summed E-state index contributed by atoms with van der Waals surface area (Å²) in [7, 11) is 0. The summed E-state index contributed by atoms with van der Waals surface area (Å²) < 4.78 is 0. The van der Waals surface area contributed by atoms with Crippen molar-refractivity contribution >= 4 is 11.6 Å². The van der Waals surface area contributed by atoms with E-state index < -0.39 is 0 Å². The lowest BCUT2D eigenvalue weighted by atomic mass is 9.89. The molecule has 4 heteroatoms. The minimum absolute atomic E-state index is 0.0679. The Balaban J connectivity index is 2.99. The standard InChI is InChI=1S/C10H15ClN3/c1-10(2,3)4-8-7(5-12)6-13-9(11)14-8/h6H,1,4-5,12H2,2-3H3. The highest BCUT2D eigenvalue weighted by molar-refractivity contribution is 6.28. The molecule has 1 aromatic heterocycles.